The predicted molar refractivity (Wildman–Crippen MR) is 74.7 cm³/mol. The van der Waals surface area contributed by atoms with Gasteiger partial charge in [0.25, 0.3) is 0 Å². The van der Waals surface area contributed by atoms with Gasteiger partial charge >= 0.3 is 0 Å². The summed E-state index contributed by atoms with van der Waals surface area (Å²) in [6.07, 6.45) is 0. The average molecular weight is 266 g/mol. The van der Waals surface area contributed by atoms with Crippen LogP contribution in [-0.4, -0.2) is 10.2 Å². The molecule has 0 aliphatic heterocycles. The van der Waals surface area contributed by atoms with Crippen LogP contribution in [0.25, 0.3) is 0 Å². The van der Waals surface area contributed by atoms with E-state index in [0.29, 0.717) is 11.1 Å². The lowest BCUT2D eigenvalue weighted by Crippen LogP contribution is -1.91. The van der Waals surface area contributed by atoms with Crippen LogP contribution >= 0.6 is 0 Å². The van der Waals surface area contributed by atoms with Crippen LogP contribution < -0.4 is 10.9 Å². The van der Waals surface area contributed by atoms with Gasteiger partial charge in [-0.05, 0) is 48.5 Å². The topological polar surface area (TPSA) is 74.6 Å². The van der Waals surface area contributed by atoms with Gasteiger partial charge in [0.2, 0.25) is 10.9 Å². The van der Waals surface area contributed by atoms with Gasteiger partial charge in [0.05, 0.1) is 0 Å². The van der Waals surface area contributed by atoms with E-state index in [4.69, 9.17) is 0 Å². The summed E-state index contributed by atoms with van der Waals surface area (Å²) in [5.41, 5.74) is 0.121. The second-order valence-electron chi connectivity index (χ2n) is 3.99. The zero-order chi connectivity index (χ0) is 14.5. The molecule has 2 aromatic carbocycles. The maximum absolute atomic E-state index is 11.2. The van der Waals surface area contributed by atoms with Crippen molar-refractivity contribution in [2.75, 3.05) is 0 Å². The molecule has 0 saturated carbocycles. The minimum absolute atomic E-state index is 0.343. The number of hydrogen-bond acceptors (Lipinski definition) is 4. The molecule has 98 valence electrons. The van der Waals surface area contributed by atoms with Gasteiger partial charge in [0.15, 0.2) is 11.5 Å². The number of hydrogen-bond donors (Lipinski definition) is 2. The van der Waals surface area contributed by atoms with Crippen LogP contribution in [-0.2, 0) is 0 Å². The molecule has 0 aliphatic carbocycles. The third kappa shape index (κ3) is 3.24. The number of rotatable bonds is 0. The minimum atomic E-state index is -0.481. The van der Waals surface area contributed by atoms with Crippen LogP contribution in [0.2, 0.25) is 0 Å². The average Bonchev–Trinajstić information content (AvgIpc) is 2.70. The summed E-state index contributed by atoms with van der Waals surface area (Å²) in [4.78, 5) is 22.4. The van der Waals surface area contributed by atoms with Crippen molar-refractivity contribution in [2.24, 2.45) is 0 Å². The lowest BCUT2D eigenvalue weighted by Gasteiger charge is -1.82. The van der Waals surface area contributed by atoms with Gasteiger partial charge < -0.3 is 10.2 Å². The highest BCUT2D eigenvalue weighted by atomic mass is 16.3. The van der Waals surface area contributed by atoms with Gasteiger partial charge in [-0.1, -0.05) is 11.8 Å². The summed E-state index contributed by atoms with van der Waals surface area (Å²) in [5.74, 6) is 4.92. The fourth-order valence-corrected chi connectivity index (χ4v) is 1.43. The third-order valence-corrected chi connectivity index (χ3v) is 2.53. The van der Waals surface area contributed by atoms with E-state index in [9.17, 15) is 19.8 Å². The summed E-state index contributed by atoms with van der Waals surface area (Å²) in [6, 6.07) is 11.0. The van der Waals surface area contributed by atoms with Gasteiger partial charge in [-0.3, -0.25) is 9.59 Å². The monoisotopic (exact) mass is 266 g/mol. The van der Waals surface area contributed by atoms with E-state index in [1.165, 1.54) is 48.5 Å². The van der Waals surface area contributed by atoms with Gasteiger partial charge in [0, 0.05) is 11.1 Å². The van der Waals surface area contributed by atoms with E-state index >= 15 is 0 Å². The zero-order valence-electron chi connectivity index (χ0n) is 10.3. The summed E-state index contributed by atoms with van der Waals surface area (Å²) < 4.78 is 0. The van der Waals surface area contributed by atoms with E-state index < -0.39 is 10.9 Å². The highest BCUT2D eigenvalue weighted by molar-refractivity contribution is 5.43. The standard InChI is InChI=1S/C16H10O4/c17-13-7-3-11(4-8-14(13)18)1-2-12-5-9-15(19)16(20)10-6-12/h3-10H,(H,17,18)(H,19,20). The first kappa shape index (κ1) is 13.4. The van der Waals surface area contributed by atoms with Gasteiger partial charge in [-0.2, -0.15) is 0 Å². The molecule has 2 N–H and O–H groups in total. The summed E-state index contributed by atoms with van der Waals surface area (Å²) in [7, 11) is 0. The van der Waals surface area contributed by atoms with Crippen molar-refractivity contribution >= 4 is 0 Å². The molecular weight excluding hydrogens is 256 g/mol. The molecule has 0 aliphatic rings. The fraction of sp³-hybridized carbons (Fsp3) is 0. The fourth-order valence-electron chi connectivity index (χ4n) is 1.43. The molecule has 0 unspecified atom stereocenters. The first-order chi connectivity index (χ1) is 9.56. The molecule has 0 radical (unpaired) electrons. The summed E-state index contributed by atoms with van der Waals surface area (Å²) in [5, 5.41) is 18.5. The number of aromatic hydroxyl groups is 2. The summed E-state index contributed by atoms with van der Waals surface area (Å²) in [6.45, 7) is 0. The molecule has 0 aromatic heterocycles. The van der Waals surface area contributed by atoms with Crippen LogP contribution in [0.1, 0.15) is 11.1 Å². The predicted octanol–water partition coefficient (Wildman–Crippen LogP) is 1.22. The van der Waals surface area contributed by atoms with E-state index in [1.807, 2.05) is 0 Å². The van der Waals surface area contributed by atoms with Crippen molar-refractivity contribution < 1.29 is 10.2 Å². The Hall–Kier alpha value is -3.06. The van der Waals surface area contributed by atoms with Crippen molar-refractivity contribution in [1.29, 1.82) is 0 Å². The lowest BCUT2D eigenvalue weighted by atomic mass is 10.2. The maximum Gasteiger partial charge on any atom is 0.220 e. The molecule has 0 fully saturated rings. The molecule has 2 aromatic rings. The second-order valence-corrected chi connectivity index (χ2v) is 3.99. The van der Waals surface area contributed by atoms with Gasteiger partial charge in [-0.15, -0.1) is 0 Å². The van der Waals surface area contributed by atoms with Crippen molar-refractivity contribution in [1.82, 2.24) is 0 Å². The summed E-state index contributed by atoms with van der Waals surface area (Å²) >= 11 is 0. The largest absolute Gasteiger partial charge is 0.504 e. The van der Waals surface area contributed by atoms with Crippen LogP contribution in [0.4, 0.5) is 0 Å². The molecule has 4 heteroatoms. The van der Waals surface area contributed by atoms with Crippen LogP contribution in [0.3, 0.4) is 0 Å². The Balaban J connectivity index is 2.42. The maximum atomic E-state index is 11.2. The highest BCUT2D eigenvalue weighted by Crippen LogP contribution is 2.03. The second kappa shape index (κ2) is 5.72. The third-order valence-electron chi connectivity index (χ3n) is 2.53. The van der Waals surface area contributed by atoms with E-state index in [0.717, 1.165) is 0 Å². The first-order valence-corrected chi connectivity index (χ1v) is 5.75. The van der Waals surface area contributed by atoms with E-state index in [1.54, 1.807) is 0 Å². The SMILES string of the molecule is O=c1ccc(C#Cc2ccc(O)c(=O)cc2)ccc1O. The van der Waals surface area contributed by atoms with E-state index in [2.05, 4.69) is 11.8 Å². The minimum Gasteiger partial charge on any atom is -0.504 e. The Morgan fingerprint density at radius 2 is 0.950 bits per heavy atom. The van der Waals surface area contributed by atoms with Crippen molar-refractivity contribution in [3.05, 3.63) is 80.1 Å². The zero-order valence-corrected chi connectivity index (χ0v) is 10.3. The highest BCUT2D eigenvalue weighted by Gasteiger charge is 1.93. The quantitative estimate of drug-likeness (QED) is 0.703. The van der Waals surface area contributed by atoms with E-state index in [-0.39, 0.29) is 11.5 Å². The molecule has 0 atom stereocenters. The van der Waals surface area contributed by atoms with Crippen LogP contribution in [0.5, 0.6) is 11.5 Å². The first-order valence-electron chi connectivity index (χ1n) is 5.75. The van der Waals surface area contributed by atoms with Gasteiger partial charge in [0.1, 0.15) is 0 Å². The Bertz CT molecular complexity index is 761. The molecule has 20 heavy (non-hydrogen) atoms. The molecular formula is C16H10O4. The Morgan fingerprint density at radius 1 is 0.600 bits per heavy atom. The Kier molecular flexibility index (Phi) is 3.82. The molecule has 0 amide bonds. The Morgan fingerprint density at radius 3 is 1.35 bits per heavy atom. The van der Waals surface area contributed by atoms with Crippen LogP contribution in [0, 0.1) is 11.8 Å². The van der Waals surface area contributed by atoms with Crippen molar-refractivity contribution in [2.45, 2.75) is 0 Å². The van der Waals surface area contributed by atoms with Crippen LogP contribution in [0.15, 0.2) is 58.1 Å². The normalized spacial score (nSPS) is 9.40. The molecule has 0 spiro atoms. The molecule has 4 nitrogen and oxygen atoms in total. The van der Waals surface area contributed by atoms with Crippen molar-refractivity contribution in [3.63, 3.8) is 0 Å². The molecule has 2 rings (SSSR count). The molecule has 0 heterocycles. The lowest BCUT2D eigenvalue weighted by molar-refractivity contribution is 0.470. The smallest absolute Gasteiger partial charge is 0.220 e. The van der Waals surface area contributed by atoms with Gasteiger partial charge in [-0.25, -0.2) is 0 Å². The molecule has 0 saturated heterocycles. The Labute approximate surface area is 114 Å². The van der Waals surface area contributed by atoms with Crippen molar-refractivity contribution in [3.8, 4) is 23.3 Å². The molecule has 0 bridgehead atoms.